The van der Waals surface area contributed by atoms with E-state index in [-0.39, 0.29) is 0 Å². The fraction of sp³-hybridized carbons (Fsp3) is 0.714. The first-order valence-corrected chi connectivity index (χ1v) is 9.74. The molecule has 8 nitrogen and oxygen atoms in total. The minimum absolute atomic E-state index is 0.313. The Hall–Kier alpha value is -1.61. The van der Waals surface area contributed by atoms with Crippen LogP contribution in [-0.2, 0) is 17.1 Å². The molecule has 0 spiro atoms. The van der Waals surface area contributed by atoms with Crippen molar-refractivity contribution in [2.75, 3.05) is 39.0 Å². The van der Waals surface area contributed by atoms with Crippen molar-refractivity contribution in [2.24, 2.45) is 12.0 Å². The molecule has 0 amide bonds. The van der Waals surface area contributed by atoms with Crippen molar-refractivity contribution in [3.63, 3.8) is 0 Å². The second-order valence-corrected chi connectivity index (χ2v) is 7.61. The molecule has 0 saturated carbocycles. The van der Waals surface area contributed by atoms with E-state index in [9.17, 15) is 8.42 Å². The molecule has 1 aliphatic rings. The van der Waals surface area contributed by atoms with Gasteiger partial charge in [0, 0.05) is 45.3 Å². The predicted octanol–water partition coefficient (Wildman–Crippen LogP) is -0.276. The summed E-state index contributed by atoms with van der Waals surface area (Å²) in [5.74, 6) is 1.30. The van der Waals surface area contributed by atoms with Crippen LogP contribution >= 0.6 is 0 Å². The first kappa shape index (κ1) is 17.7. The molecule has 2 rings (SSSR count). The molecular weight excluding hydrogens is 316 g/mol. The van der Waals surface area contributed by atoms with Crippen LogP contribution in [-0.4, -0.2) is 68.0 Å². The molecule has 1 unspecified atom stereocenters. The molecule has 1 fully saturated rings. The first-order valence-electron chi connectivity index (χ1n) is 7.85. The molecule has 0 aromatic carbocycles. The number of hydrogen-bond donors (Lipinski definition) is 2. The van der Waals surface area contributed by atoms with E-state index < -0.39 is 10.0 Å². The van der Waals surface area contributed by atoms with Crippen LogP contribution in [0, 0.1) is 0 Å². The number of nitrogens with zero attached hydrogens (tertiary/aromatic N) is 4. The number of hydrogen-bond acceptors (Lipinski definition) is 4. The van der Waals surface area contributed by atoms with Gasteiger partial charge in [0.2, 0.25) is 10.0 Å². The second-order valence-electron chi connectivity index (χ2n) is 5.78. The predicted molar refractivity (Wildman–Crippen MR) is 91.0 cm³/mol. The Morgan fingerprint density at radius 1 is 1.52 bits per heavy atom. The van der Waals surface area contributed by atoms with E-state index in [2.05, 4.69) is 31.2 Å². The summed E-state index contributed by atoms with van der Waals surface area (Å²) in [6.45, 7) is 5.38. The van der Waals surface area contributed by atoms with Gasteiger partial charge in [-0.15, -0.1) is 0 Å². The number of aromatic nitrogens is 2. The number of nitrogens with one attached hydrogen (secondary N) is 2. The standard InChI is InChI=1S/C14H26N6O2S/c1-4-15-14(16-6-7-18-23(3,21)22)20-8-5-12(11-20)13-9-17-19(2)10-13/h9-10,12,18H,4-8,11H2,1-3H3,(H,15,16). The van der Waals surface area contributed by atoms with Crippen LogP contribution in [0.3, 0.4) is 0 Å². The van der Waals surface area contributed by atoms with Crippen molar-refractivity contribution < 1.29 is 8.42 Å². The van der Waals surface area contributed by atoms with E-state index in [4.69, 9.17) is 0 Å². The van der Waals surface area contributed by atoms with E-state index in [0.29, 0.717) is 19.0 Å². The highest BCUT2D eigenvalue weighted by atomic mass is 32.2. The number of sulfonamides is 1. The van der Waals surface area contributed by atoms with Gasteiger partial charge in [0.1, 0.15) is 0 Å². The normalized spacial score (nSPS) is 19.3. The van der Waals surface area contributed by atoms with Gasteiger partial charge in [-0.2, -0.15) is 5.10 Å². The first-order chi connectivity index (χ1) is 10.9. The topological polar surface area (TPSA) is 91.6 Å². The molecule has 0 radical (unpaired) electrons. The Morgan fingerprint density at radius 3 is 2.91 bits per heavy atom. The summed E-state index contributed by atoms with van der Waals surface area (Å²) in [6, 6.07) is 0. The third-order valence-corrected chi connectivity index (χ3v) is 4.49. The highest BCUT2D eigenvalue weighted by Crippen LogP contribution is 2.26. The van der Waals surface area contributed by atoms with Crippen LogP contribution in [0.25, 0.3) is 0 Å². The number of aryl methyl sites for hydroxylation is 1. The van der Waals surface area contributed by atoms with Crippen LogP contribution in [0.4, 0.5) is 0 Å². The maximum absolute atomic E-state index is 11.1. The van der Waals surface area contributed by atoms with E-state index >= 15 is 0 Å². The van der Waals surface area contributed by atoms with E-state index in [1.54, 1.807) is 0 Å². The zero-order chi connectivity index (χ0) is 16.9. The van der Waals surface area contributed by atoms with Gasteiger partial charge in [0.15, 0.2) is 5.96 Å². The number of guanidine groups is 1. The Balaban J connectivity index is 1.93. The van der Waals surface area contributed by atoms with Gasteiger partial charge >= 0.3 is 0 Å². The molecule has 23 heavy (non-hydrogen) atoms. The Labute approximate surface area is 138 Å². The van der Waals surface area contributed by atoms with Gasteiger partial charge < -0.3 is 10.2 Å². The third-order valence-electron chi connectivity index (χ3n) is 3.76. The van der Waals surface area contributed by atoms with Crippen molar-refractivity contribution in [1.82, 2.24) is 24.7 Å². The summed E-state index contributed by atoms with van der Waals surface area (Å²) in [6.07, 6.45) is 6.21. The summed E-state index contributed by atoms with van der Waals surface area (Å²) in [5.41, 5.74) is 1.25. The molecule has 130 valence electrons. The minimum Gasteiger partial charge on any atom is -0.357 e. The van der Waals surface area contributed by atoms with Gasteiger partial charge in [0.25, 0.3) is 0 Å². The largest absolute Gasteiger partial charge is 0.357 e. The molecule has 9 heteroatoms. The second kappa shape index (κ2) is 7.78. The van der Waals surface area contributed by atoms with Crippen LogP contribution in [0.2, 0.25) is 0 Å². The summed E-state index contributed by atoms with van der Waals surface area (Å²) >= 11 is 0. The van der Waals surface area contributed by atoms with Crippen LogP contribution < -0.4 is 10.0 Å². The lowest BCUT2D eigenvalue weighted by Crippen LogP contribution is -2.40. The summed E-state index contributed by atoms with van der Waals surface area (Å²) in [5, 5.41) is 7.52. The maximum atomic E-state index is 11.1. The minimum atomic E-state index is -3.16. The highest BCUT2D eigenvalue weighted by Gasteiger charge is 2.26. The lowest BCUT2D eigenvalue weighted by Gasteiger charge is -2.21. The molecule has 0 aliphatic carbocycles. The van der Waals surface area contributed by atoms with E-state index in [1.807, 2.05) is 24.9 Å². The van der Waals surface area contributed by atoms with Gasteiger partial charge in [-0.3, -0.25) is 9.67 Å². The molecule has 1 atom stereocenters. The average molecular weight is 342 g/mol. The molecule has 2 heterocycles. The van der Waals surface area contributed by atoms with Gasteiger partial charge in [0.05, 0.1) is 19.0 Å². The molecule has 1 aliphatic heterocycles. The fourth-order valence-corrected chi connectivity index (χ4v) is 3.16. The average Bonchev–Trinajstić information content (AvgIpc) is 3.10. The van der Waals surface area contributed by atoms with Crippen molar-refractivity contribution in [3.8, 4) is 0 Å². The maximum Gasteiger partial charge on any atom is 0.208 e. The zero-order valence-corrected chi connectivity index (χ0v) is 14.8. The van der Waals surface area contributed by atoms with Crippen molar-refractivity contribution >= 4 is 16.0 Å². The smallest absolute Gasteiger partial charge is 0.208 e. The Bertz CT molecular complexity index is 639. The molecule has 1 aromatic heterocycles. The van der Waals surface area contributed by atoms with Crippen LogP contribution in [0.1, 0.15) is 24.8 Å². The van der Waals surface area contributed by atoms with E-state index in [0.717, 1.165) is 38.3 Å². The lowest BCUT2D eigenvalue weighted by atomic mass is 10.0. The highest BCUT2D eigenvalue weighted by molar-refractivity contribution is 7.88. The lowest BCUT2D eigenvalue weighted by molar-refractivity contribution is 0.486. The molecule has 2 N–H and O–H groups in total. The quantitative estimate of drug-likeness (QED) is 0.422. The molecule has 1 saturated heterocycles. The van der Waals surface area contributed by atoms with Crippen LogP contribution in [0.15, 0.2) is 17.4 Å². The monoisotopic (exact) mass is 342 g/mol. The number of aliphatic imine (C=N–C) groups is 1. The Kier molecular flexibility index (Phi) is 6.00. The van der Waals surface area contributed by atoms with Crippen molar-refractivity contribution in [2.45, 2.75) is 19.3 Å². The molecule has 0 bridgehead atoms. The SMILES string of the molecule is CCNC(=NCCNS(C)(=O)=O)N1CCC(c2cnn(C)c2)C1. The zero-order valence-electron chi connectivity index (χ0n) is 14.0. The van der Waals surface area contributed by atoms with E-state index in [1.165, 1.54) is 5.56 Å². The fourth-order valence-electron chi connectivity index (χ4n) is 2.69. The number of likely N-dealkylation sites (tertiary alicyclic amines) is 1. The van der Waals surface area contributed by atoms with Gasteiger partial charge in [-0.05, 0) is 18.9 Å². The van der Waals surface area contributed by atoms with Gasteiger partial charge in [-0.1, -0.05) is 0 Å². The number of rotatable bonds is 6. The summed E-state index contributed by atoms with van der Waals surface area (Å²) in [7, 11) is -1.23. The summed E-state index contributed by atoms with van der Waals surface area (Å²) in [4.78, 5) is 6.74. The van der Waals surface area contributed by atoms with Gasteiger partial charge in [-0.25, -0.2) is 13.1 Å². The van der Waals surface area contributed by atoms with Crippen molar-refractivity contribution in [3.05, 3.63) is 18.0 Å². The Morgan fingerprint density at radius 2 is 2.30 bits per heavy atom. The summed E-state index contributed by atoms with van der Waals surface area (Å²) < 4.78 is 26.4. The molecular formula is C14H26N6O2S. The van der Waals surface area contributed by atoms with Crippen molar-refractivity contribution in [1.29, 1.82) is 0 Å². The third kappa shape index (κ3) is 5.51. The van der Waals surface area contributed by atoms with Crippen LogP contribution in [0.5, 0.6) is 0 Å². The molecule has 1 aromatic rings.